The van der Waals surface area contributed by atoms with Gasteiger partial charge in [0, 0.05) is 24.9 Å². The maximum Gasteiger partial charge on any atom is 0.240 e. The summed E-state index contributed by atoms with van der Waals surface area (Å²) in [5, 5.41) is 0. The molecular weight excluding hydrogens is 284 g/mol. The van der Waals surface area contributed by atoms with Crippen LogP contribution in [0.1, 0.15) is 24.6 Å². The first-order valence-corrected chi connectivity index (χ1v) is 8.59. The quantitative estimate of drug-likeness (QED) is 0.855. The van der Waals surface area contributed by atoms with Gasteiger partial charge in [0.15, 0.2) is 0 Å². The molecule has 2 rings (SSSR count). The molecule has 0 aliphatic rings. The van der Waals surface area contributed by atoms with Gasteiger partial charge in [-0.05, 0) is 30.2 Å². The van der Waals surface area contributed by atoms with Crippen LogP contribution < -0.4 is 4.72 Å². The van der Waals surface area contributed by atoms with E-state index < -0.39 is 10.0 Å². The molecule has 0 aliphatic carbocycles. The van der Waals surface area contributed by atoms with Gasteiger partial charge in [-0.3, -0.25) is 4.98 Å². The second-order valence-electron chi connectivity index (χ2n) is 4.83. The van der Waals surface area contributed by atoms with Crippen molar-refractivity contribution in [2.75, 3.05) is 6.54 Å². The normalized spacial score (nSPS) is 11.5. The van der Waals surface area contributed by atoms with Gasteiger partial charge in [0.2, 0.25) is 10.0 Å². The smallest absolute Gasteiger partial charge is 0.240 e. The second kappa shape index (κ2) is 7.33. The lowest BCUT2D eigenvalue weighted by Crippen LogP contribution is -2.27. The third kappa shape index (κ3) is 4.37. The first-order chi connectivity index (χ1) is 10.1. The third-order valence-corrected chi connectivity index (χ3v) is 4.74. The molecule has 5 heteroatoms. The van der Waals surface area contributed by atoms with Crippen molar-refractivity contribution in [2.45, 2.75) is 31.1 Å². The fourth-order valence-electron chi connectivity index (χ4n) is 2.18. The van der Waals surface area contributed by atoms with E-state index in [0.29, 0.717) is 17.9 Å². The Morgan fingerprint density at radius 3 is 2.52 bits per heavy atom. The fraction of sp³-hybridized carbons (Fsp3) is 0.312. The predicted molar refractivity (Wildman–Crippen MR) is 83.6 cm³/mol. The second-order valence-corrected chi connectivity index (χ2v) is 6.56. The van der Waals surface area contributed by atoms with Crippen LogP contribution in [0.3, 0.4) is 0 Å². The number of pyridine rings is 1. The monoisotopic (exact) mass is 304 g/mol. The number of sulfonamides is 1. The van der Waals surface area contributed by atoms with E-state index in [1.165, 1.54) is 0 Å². The molecule has 0 atom stereocenters. The highest BCUT2D eigenvalue weighted by molar-refractivity contribution is 7.89. The van der Waals surface area contributed by atoms with Crippen LogP contribution in [0.5, 0.6) is 0 Å². The molecule has 0 unspecified atom stereocenters. The van der Waals surface area contributed by atoms with Crippen molar-refractivity contribution in [3.05, 3.63) is 59.9 Å². The highest BCUT2D eigenvalue weighted by Gasteiger charge is 2.16. The molecule has 112 valence electrons. The molecule has 0 fully saturated rings. The number of hydrogen-bond acceptors (Lipinski definition) is 3. The summed E-state index contributed by atoms with van der Waals surface area (Å²) in [6, 6.07) is 12.8. The Morgan fingerprint density at radius 2 is 1.81 bits per heavy atom. The van der Waals surface area contributed by atoms with Crippen molar-refractivity contribution in [3.63, 3.8) is 0 Å². The summed E-state index contributed by atoms with van der Waals surface area (Å²) in [6.07, 6.45) is 3.97. The van der Waals surface area contributed by atoms with Crippen LogP contribution in [0, 0.1) is 0 Å². The van der Waals surface area contributed by atoms with E-state index in [0.717, 1.165) is 24.1 Å². The van der Waals surface area contributed by atoms with Crippen molar-refractivity contribution in [1.29, 1.82) is 0 Å². The van der Waals surface area contributed by atoms with Crippen LogP contribution in [0.4, 0.5) is 0 Å². The predicted octanol–water partition coefficient (Wildman–Crippen LogP) is 2.56. The lowest BCUT2D eigenvalue weighted by atomic mass is 10.1. The molecule has 1 aromatic heterocycles. The molecule has 0 saturated heterocycles. The third-order valence-electron chi connectivity index (χ3n) is 3.18. The van der Waals surface area contributed by atoms with Crippen molar-refractivity contribution >= 4 is 10.0 Å². The van der Waals surface area contributed by atoms with Crippen molar-refractivity contribution in [1.82, 2.24) is 9.71 Å². The summed E-state index contributed by atoms with van der Waals surface area (Å²) >= 11 is 0. The molecule has 0 saturated carbocycles. The van der Waals surface area contributed by atoms with Gasteiger partial charge in [0.25, 0.3) is 0 Å². The maximum absolute atomic E-state index is 12.4. The van der Waals surface area contributed by atoms with Crippen molar-refractivity contribution in [3.8, 4) is 0 Å². The highest BCUT2D eigenvalue weighted by Crippen LogP contribution is 2.16. The van der Waals surface area contributed by atoms with Gasteiger partial charge in [-0.2, -0.15) is 0 Å². The zero-order valence-electron chi connectivity index (χ0n) is 12.1. The summed E-state index contributed by atoms with van der Waals surface area (Å²) in [5.41, 5.74) is 1.74. The van der Waals surface area contributed by atoms with Crippen LogP contribution in [0.15, 0.2) is 53.6 Å². The van der Waals surface area contributed by atoms with Gasteiger partial charge in [-0.25, -0.2) is 13.1 Å². The number of rotatable bonds is 7. The molecule has 0 radical (unpaired) electrons. The number of nitrogens with zero attached hydrogens (tertiary/aromatic N) is 1. The minimum atomic E-state index is -3.46. The average Bonchev–Trinajstić information content (AvgIpc) is 2.49. The minimum absolute atomic E-state index is 0.347. The largest absolute Gasteiger partial charge is 0.261 e. The average molecular weight is 304 g/mol. The van der Waals surface area contributed by atoms with Gasteiger partial charge in [0.05, 0.1) is 4.90 Å². The SMILES string of the molecule is CCCc1ccccc1S(=O)(=O)NCCc1ccccn1. The molecule has 1 aromatic carbocycles. The van der Waals surface area contributed by atoms with Crippen LogP contribution in [0.25, 0.3) is 0 Å². The standard InChI is InChI=1S/C16H20N2O2S/c1-2-7-14-8-3-4-10-16(14)21(19,20)18-13-11-15-9-5-6-12-17-15/h3-6,8-10,12,18H,2,7,11,13H2,1H3. The first-order valence-electron chi connectivity index (χ1n) is 7.11. The van der Waals surface area contributed by atoms with Gasteiger partial charge in [-0.1, -0.05) is 37.6 Å². The van der Waals surface area contributed by atoms with Gasteiger partial charge in [-0.15, -0.1) is 0 Å². The fourth-order valence-corrected chi connectivity index (χ4v) is 3.48. The minimum Gasteiger partial charge on any atom is -0.261 e. The number of hydrogen-bond donors (Lipinski definition) is 1. The molecule has 0 amide bonds. The van der Waals surface area contributed by atoms with E-state index in [1.54, 1.807) is 18.3 Å². The van der Waals surface area contributed by atoms with Gasteiger partial charge < -0.3 is 0 Å². The number of benzene rings is 1. The molecule has 21 heavy (non-hydrogen) atoms. The van der Waals surface area contributed by atoms with E-state index in [2.05, 4.69) is 9.71 Å². The number of nitrogens with one attached hydrogen (secondary N) is 1. The number of aromatic nitrogens is 1. The molecule has 4 nitrogen and oxygen atoms in total. The van der Waals surface area contributed by atoms with E-state index in [1.807, 2.05) is 37.3 Å². The first kappa shape index (κ1) is 15.7. The highest BCUT2D eigenvalue weighted by atomic mass is 32.2. The van der Waals surface area contributed by atoms with E-state index in [4.69, 9.17) is 0 Å². The molecule has 2 aromatic rings. The lowest BCUT2D eigenvalue weighted by molar-refractivity contribution is 0.580. The molecule has 0 spiro atoms. The summed E-state index contributed by atoms with van der Waals surface area (Å²) in [6.45, 7) is 2.39. The Hall–Kier alpha value is -1.72. The summed E-state index contributed by atoms with van der Waals surface area (Å²) in [7, 11) is -3.46. The van der Waals surface area contributed by atoms with Crippen LogP contribution in [-0.2, 0) is 22.9 Å². The van der Waals surface area contributed by atoms with Crippen molar-refractivity contribution in [2.24, 2.45) is 0 Å². The topological polar surface area (TPSA) is 59.1 Å². The molecule has 0 bridgehead atoms. The molecule has 1 N–H and O–H groups in total. The van der Waals surface area contributed by atoms with E-state index >= 15 is 0 Å². The Morgan fingerprint density at radius 1 is 1.05 bits per heavy atom. The van der Waals surface area contributed by atoms with Crippen molar-refractivity contribution < 1.29 is 8.42 Å². The summed E-state index contributed by atoms with van der Waals surface area (Å²) in [5.74, 6) is 0. The molecule has 1 heterocycles. The van der Waals surface area contributed by atoms with E-state index in [9.17, 15) is 8.42 Å². The van der Waals surface area contributed by atoms with Crippen LogP contribution >= 0.6 is 0 Å². The zero-order valence-corrected chi connectivity index (χ0v) is 12.9. The summed E-state index contributed by atoms with van der Waals surface area (Å²) < 4.78 is 27.4. The van der Waals surface area contributed by atoms with Gasteiger partial charge >= 0.3 is 0 Å². The lowest BCUT2D eigenvalue weighted by Gasteiger charge is -2.10. The number of aryl methyl sites for hydroxylation is 1. The Bertz CT molecular complexity index is 670. The Balaban J connectivity index is 2.05. The molecular formula is C16H20N2O2S. The maximum atomic E-state index is 12.4. The Kier molecular flexibility index (Phi) is 5.47. The van der Waals surface area contributed by atoms with Crippen LogP contribution in [0.2, 0.25) is 0 Å². The summed E-state index contributed by atoms with van der Waals surface area (Å²) in [4.78, 5) is 4.57. The Labute approximate surface area is 126 Å². The molecule has 0 aliphatic heterocycles. The van der Waals surface area contributed by atoms with E-state index in [-0.39, 0.29) is 0 Å². The zero-order chi connectivity index (χ0) is 15.1. The van der Waals surface area contributed by atoms with Gasteiger partial charge in [0.1, 0.15) is 0 Å². The van der Waals surface area contributed by atoms with Crippen LogP contribution in [-0.4, -0.2) is 19.9 Å².